The smallest absolute Gasteiger partial charge is 0.410 e. The highest BCUT2D eigenvalue weighted by atomic mass is 32.2. The van der Waals surface area contributed by atoms with Crippen molar-refractivity contribution in [1.82, 2.24) is 4.90 Å². The van der Waals surface area contributed by atoms with Gasteiger partial charge in [0.15, 0.2) is 0 Å². The van der Waals surface area contributed by atoms with E-state index in [0.717, 1.165) is 11.1 Å². The van der Waals surface area contributed by atoms with Gasteiger partial charge in [-0.3, -0.25) is 0 Å². The minimum Gasteiger partial charge on any atom is -0.444 e. The van der Waals surface area contributed by atoms with E-state index in [9.17, 15) is 13.2 Å². The topological polar surface area (TPSA) is 76.0 Å². The van der Waals surface area contributed by atoms with Crippen LogP contribution in [0.15, 0.2) is 28.7 Å². The second-order valence-corrected chi connectivity index (χ2v) is 12.4. The number of likely N-dealkylation sites (tertiary alicyclic amines) is 1. The number of piperidine rings is 1. The fraction of sp³-hybridized carbons (Fsp3) is 0.636. The van der Waals surface area contributed by atoms with Crippen molar-refractivity contribution >= 4 is 21.8 Å². The molecule has 0 saturated carbocycles. The first kappa shape index (κ1) is 21.8. The van der Waals surface area contributed by atoms with Crippen LogP contribution in [-0.2, 0) is 26.6 Å². The zero-order valence-corrected chi connectivity index (χ0v) is 19.1. The fourth-order valence-corrected chi connectivity index (χ4v) is 4.81. The second kappa shape index (κ2) is 7.11. The molecule has 2 aliphatic rings. The van der Waals surface area contributed by atoms with E-state index in [1.165, 1.54) is 0 Å². The summed E-state index contributed by atoms with van der Waals surface area (Å²) in [5.41, 5.74) is 2.00. The van der Waals surface area contributed by atoms with E-state index in [4.69, 9.17) is 4.74 Å². The highest BCUT2D eigenvalue weighted by Gasteiger charge is 2.48. The molecule has 6 nitrogen and oxygen atoms in total. The van der Waals surface area contributed by atoms with E-state index in [-0.39, 0.29) is 6.09 Å². The van der Waals surface area contributed by atoms with Crippen molar-refractivity contribution in [1.29, 1.82) is 0 Å². The average molecular weight is 421 g/mol. The number of nitrogens with zero attached hydrogens (tertiary/aromatic N) is 2. The number of benzene rings is 1. The molecule has 3 rings (SSSR count). The molecule has 1 amide bonds. The van der Waals surface area contributed by atoms with Crippen LogP contribution in [0.1, 0.15) is 65.5 Å². The van der Waals surface area contributed by atoms with Crippen LogP contribution in [-0.4, -0.2) is 48.6 Å². The van der Waals surface area contributed by atoms with Gasteiger partial charge >= 0.3 is 6.09 Å². The third kappa shape index (κ3) is 4.20. The molecule has 0 aromatic heterocycles. The standard InChI is InChI=1S/C22H32N2O4S/c1-20(2,3)28-19(25)24-13-11-22(12-14-24)17-10-8-7-9-16(17)15-18(22)23-29(26,27)21(4,5)6/h7-10H,11-15H2,1-6H3/b23-18+. The van der Waals surface area contributed by atoms with E-state index in [2.05, 4.69) is 10.5 Å². The van der Waals surface area contributed by atoms with Crippen molar-refractivity contribution in [3.05, 3.63) is 35.4 Å². The Hall–Kier alpha value is -1.89. The number of carbonyl (C=O) groups is 1. The van der Waals surface area contributed by atoms with Gasteiger partial charge in [0.1, 0.15) is 5.60 Å². The van der Waals surface area contributed by atoms with Crippen molar-refractivity contribution in [2.75, 3.05) is 13.1 Å². The zero-order valence-electron chi connectivity index (χ0n) is 18.3. The highest BCUT2D eigenvalue weighted by Crippen LogP contribution is 2.45. The Morgan fingerprint density at radius 3 is 2.21 bits per heavy atom. The van der Waals surface area contributed by atoms with Gasteiger partial charge in [-0.05, 0) is 65.5 Å². The Balaban J connectivity index is 1.94. The molecule has 0 atom stereocenters. The Morgan fingerprint density at radius 1 is 1.07 bits per heavy atom. The number of carbonyl (C=O) groups excluding carboxylic acids is 1. The summed E-state index contributed by atoms with van der Waals surface area (Å²) in [7, 11) is -3.65. The van der Waals surface area contributed by atoms with Gasteiger partial charge in [-0.2, -0.15) is 4.40 Å². The lowest BCUT2D eigenvalue weighted by Crippen LogP contribution is -2.49. The van der Waals surface area contributed by atoms with E-state index in [1.807, 2.05) is 39.0 Å². The summed E-state index contributed by atoms with van der Waals surface area (Å²) >= 11 is 0. The number of rotatable bonds is 1. The van der Waals surface area contributed by atoms with Crippen molar-refractivity contribution in [2.45, 2.75) is 76.6 Å². The number of hydrogen-bond acceptors (Lipinski definition) is 4. The van der Waals surface area contributed by atoms with Crippen LogP contribution in [0.4, 0.5) is 4.79 Å². The molecule has 0 radical (unpaired) electrons. The van der Waals surface area contributed by atoms with Crippen LogP contribution in [0.3, 0.4) is 0 Å². The molecule has 0 bridgehead atoms. The highest BCUT2D eigenvalue weighted by molar-refractivity contribution is 7.91. The minimum absolute atomic E-state index is 0.320. The summed E-state index contributed by atoms with van der Waals surface area (Å²) in [5, 5.41) is 0. The minimum atomic E-state index is -3.65. The largest absolute Gasteiger partial charge is 0.444 e. The lowest BCUT2D eigenvalue weighted by Gasteiger charge is -2.40. The van der Waals surface area contributed by atoms with Gasteiger partial charge in [0.2, 0.25) is 0 Å². The quantitative estimate of drug-likeness (QED) is 0.686. The Labute approximate surface area is 174 Å². The van der Waals surface area contributed by atoms with Gasteiger partial charge in [0, 0.05) is 30.6 Å². The van der Waals surface area contributed by atoms with Gasteiger partial charge in [0.25, 0.3) is 10.0 Å². The monoisotopic (exact) mass is 420 g/mol. The van der Waals surface area contributed by atoms with E-state index < -0.39 is 25.8 Å². The predicted molar refractivity (Wildman–Crippen MR) is 115 cm³/mol. The van der Waals surface area contributed by atoms with Crippen molar-refractivity contribution in [2.24, 2.45) is 4.40 Å². The number of hydrogen-bond donors (Lipinski definition) is 0. The summed E-state index contributed by atoms with van der Waals surface area (Å²) in [5.74, 6) is 0. The molecule has 29 heavy (non-hydrogen) atoms. The maximum Gasteiger partial charge on any atom is 0.410 e. The molecule has 7 heteroatoms. The Morgan fingerprint density at radius 2 is 1.66 bits per heavy atom. The molecule has 1 spiro atoms. The molecule has 0 unspecified atom stereocenters. The number of sulfonamides is 1. The van der Waals surface area contributed by atoms with Gasteiger partial charge in [0.05, 0.1) is 4.75 Å². The summed E-state index contributed by atoms with van der Waals surface area (Å²) < 4.78 is 34.6. The van der Waals surface area contributed by atoms with Crippen LogP contribution < -0.4 is 0 Å². The fourth-order valence-electron chi connectivity index (χ4n) is 4.00. The van der Waals surface area contributed by atoms with Crippen LogP contribution in [0.2, 0.25) is 0 Å². The second-order valence-electron chi connectivity index (χ2n) is 10.0. The number of fused-ring (bicyclic) bond motifs is 2. The molecule has 160 valence electrons. The Bertz CT molecular complexity index is 928. The number of amides is 1. The molecule has 1 fully saturated rings. The average Bonchev–Trinajstić information content (AvgIpc) is 2.86. The summed E-state index contributed by atoms with van der Waals surface area (Å²) in [6.45, 7) is 11.6. The van der Waals surface area contributed by atoms with Gasteiger partial charge in [-0.15, -0.1) is 0 Å². The SMILES string of the molecule is CC(C)(C)OC(=O)N1CCC2(CC1)/C(=N/S(=O)(=O)C(C)(C)C)Cc1ccccc12. The summed E-state index contributed by atoms with van der Waals surface area (Å²) in [6.07, 6.45) is 1.50. The molecule has 1 heterocycles. The lowest BCUT2D eigenvalue weighted by molar-refractivity contribution is 0.0190. The summed E-state index contributed by atoms with van der Waals surface area (Å²) in [6, 6.07) is 8.08. The predicted octanol–water partition coefficient (Wildman–Crippen LogP) is 4.08. The number of ether oxygens (including phenoxy) is 1. The molecular formula is C22H32N2O4S. The van der Waals surface area contributed by atoms with Crippen LogP contribution in [0.25, 0.3) is 0 Å². The molecule has 0 N–H and O–H groups in total. The first-order chi connectivity index (χ1) is 13.3. The van der Waals surface area contributed by atoms with Crippen molar-refractivity contribution in [3.63, 3.8) is 0 Å². The van der Waals surface area contributed by atoms with E-state index in [1.54, 1.807) is 25.7 Å². The van der Waals surface area contributed by atoms with Crippen LogP contribution in [0.5, 0.6) is 0 Å². The third-order valence-corrected chi connectivity index (χ3v) is 7.72. The molecule has 1 aromatic rings. The lowest BCUT2D eigenvalue weighted by atomic mass is 9.73. The van der Waals surface area contributed by atoms with E-state index in [0.29, 0.717) is 38.1 Å². The molecule has 1 aliphatic carbocycles. The molecule has 1 aromatic carbocycles. The van der Waals surface area contributed by atoms with Crippen LogP contribution >= 0.6 is 0 Å². The van der Waals surface area contributed by atoms with Gasteiger partial charge in [-0.25, -0.2) is 13.2 Å². The van der Waals surface area contributed by atoms with Gasteiger partial charge in [-0.1, -0.05) is 24.3 Å². The van der Waals surface area contributed by atoms with Crippen LogP contribution in [0, 0.1) is 0 Å². The first-order valence-corrected chi connectivity index (χ1v) is 11.6. The van der Waals surface area contributed by atoms with Gasteiger partial charge < -0.3 is 9.64 Å². The van der Waals surface area contributed by atoms with Crippen molar-refractivity contribution < 1.29 is 17.9 Å². The third-order valence-electron chi connectivity index (χ3n) is 5.72. The van der Waals surface area contributed by atoms with Crippen molar-refractivity contribution in [3.8, 4) is 0 Å². The van der Waals surface area contributed by atoms with E-state index >= 15 is 0 Å². The maximum atomic E-state index is 12.8. The zero-order chi connectivity index (χ0) is 21.7. The summed E-state index contributed by atoms with van der Waals surface area (Å²) in [4.78, 5) is 14.2. The first-order valence-electron chi connectivity index (χ1n) is 10.2. The molecular weight excluding hydrogens is 388 g/mol. The molecule has 1 saturated heterocycles. The molecule has 1 aliphatic heterocycles. The normalized spacial score (nSPS) is 20.8. The Kier molecular flexibility index (Phi) is 5.35. The maximum absolute atomic E-state index is 12.8.